The summed E-state index contributed by atoms with van der Waals surface area (Å²) in [5.74, 6) is -0.140. The third kappa shape index (κ3) is 2.86. The number of thiazole rings is 1. The van der Waals surface area contributed by atoms with Gasteiger partial charge in [0.05, 0.1) is 12.1 Å². The van der Waals surface area contributed by atoms with E-state index < -0.39 is 0 Å². The van der Waals surface area contributed by atoms with Gasteiger partial charge in [0, 0.05) is 11.1 Å². The summed E-state index contributed by atoms with van der Waals surface area (Å²) in [4.78, 5) is 15.5. The Labute approximate surface area is 73.4 Å². The number of alkyl halides is 1. The average molecular weight is 191 g/mol. The van der Waals surface area contributed by atoms with Crippen molar-refractivity contribution in [3.8, 4) is 0 Å². The van der Waals surface area contributed by atoms with Gasteiger partial charge in [0.25, 0.3) is 0 Å². The second-order valence-electron chi connectivity index (χ2n) is 1.88. The van der Waals surface area contributed by atoms with Gasteiger partial charge in [0.1, 0.15) is 5.88 Å². The summed E-state index contributed by atoms with van der Waals surface area (Å²) in [7, 11) is 0. The molecule has 1 amide bonds. The fourth-order valence-corrected chi connectivity index (χ4v) is 1.19. The van der Waals surface area contributed by atoms with Gasteiger partial charge in [-0.25, -0.2) is 0 Å². The molecule has 1 heterocycles. The van der Waals surface area contributed by atoms with Crippen LogP contribution in [0.4, 0.5) is 0 Å². The molecule has 0 saturated carbocycles. The first kappa shape index (κ1) is 8.49. The van der Waals surface area contributed by atoms with Crippen molar-refractivity contribution in [1.29, 1.82) is 0 Å². The van der Waals surface area contributed by atoms with Crippen molar-refractivity contribution in [1.82, 2.24) is 10.3 Å². The standard InChI is InChI=1S/C6H7ClN2OS/c7-1-6(10)9-3-5-2-8-4-11-5/h2,4H,1,3H2,(H,9,10). The quantitative estimate of drug-likeness (QED) is 0.723. The number of halogens is 1. The molecule has 0 aliphatic heterocycles. The number of rotatable bonds is 3. The molecule has 5 heteroatoms. The minimum Gasteiger partial charge on any atom is -0.350 e. The molecule has 0 radical (unpaired) electrons. The van der Waals surface area contributed by atoms with Gasteiger partial charge in [-0.15, -0.1) is 22.9 Å². The molecule has 11 heavy (non-hydrogen) atoms. The fourth-order valence-electron chi connectivity index (χ4n) is 0.562. The Bertz CT molecular complexity index is 224. The topological polar surface area (TPSA) is 42.0 Å². The fraction of sp³-hybridized carbons (Fsp3) is 0.333. The molecule has 0 saturated heterocycles. The van der Waals surface area contributed by atoms with Gasteiger partial charge in [-0.2, -0.15) is 0 Å². The molecule has 0 atom stereocenters. The smallest absolute Gasteiger partial charge is 0.235 e. The summed E-state index contributed by atoms with van der Waals surface area (Å²) in [5, 5.41) is 2.63. The largest absolute Gasteiger partial charge is 0.350 e. The molecule has 1 aromatic rings. The van der Waals surface area contributed by atoms with E-state index in [1.807, 2.05) is 0 Å². The van der Waals surface area contributed by atoms with Gasteiger partial charge in [0.15, 0.2) is 0 Å². The van der Waals surface area contributed by atoms with E-state index in [0.717, 1.165) is 4.88 Å². The van der Waals surface area contributed by atoms with Crippen LogP contribution in [0.25, 0.3) is 0 Å². The van der Waals surface area contributed by atoms with Gasteiger partial charge in [-0.1, -0.05) is 0 Å². The number of amides is 1. The first-order valence-electron chi connectivity index (χ1n) is 3.03. The molecule has 0 aliphatic rings. The van der Waals surface area contributed by atoms with Crippen molar-refractivity contribution in [3.05, 3.63) is 16.6 Å². The summed E-state index contributed by atoms with van der Waals surface area (Å²) in [5.41, 5.74) is 1.72. The number of nitrogens with zero attached hydrogens (tertiary/aromatic N) is 1. The SMILES string of the molecule is O=C(CCl)NCc1cncs1. The van der Waals surface area contributed by atoms with Gasteiger partial charge >= 0.3 is 0 Å². The second-order valence-corrected chi connectivity index (χ2v) is 3.12. The highest BCUT2D eigenvalue weighted by molar-refractivity contribution is 7.09. The molecular weight excluding hydrogens is 184 g/mol. The van der Waals surface area contributed by atoms with Gasteiger partial charge < -0.3 is 5.32 Å². The predicted molar refractivity (Wildman–Crippen MR) is 44.7 cm³/mol. The molecule has 0 bridgehead atoms. The van der Waals surface area contributed by atoms with Crippen molar-refractivity contribution in [3.63, 3.8) is 0 Å². The summed E-state index contributed by atoms with van der Waals surface area (Å²) < 4.78 is 0. The number of hydrogen-bond acceptors (Lipinski definition) is 3. The van der Waals surface area contributed by atoms with Crippen LogP contribution >= 0.6 is 22.9 Å². The van der Waals surface area contributed by atoms with Crippen LogP contribution in [0.2, 0.25) is 0 Å². The lowest BCUT2D eigenvalue weighted by Crippen LogP contribution is -2.23. The van der Waals surface area contributed by atoms with E-state index in [-0.39, 0.29) is 11.8 Å². The van der Waals surface area contributed by atoms with Crippen molar-refractivity contribution < 1.29 is 4.79 Å². The van der Waals surface area contributed by atoms with E-state index in [2.05, 4.69) is 10.3 Å². The highest BCUT2D eigenvalue weighted by Gasteiger charge is 1.98. The third-order valence-electron chi connectivity index (χ3n) is 1.06. The first-order chi connectivity index (χ1) is 5.33. The second kappa shape index (κ2) is 4.31. The Kier molecular flexibility index (Phi) is 3.32. The van der Waals surface area contributed by atoms with Crippen LogP contribution in [0.3, 0.4) is 0 Å². The molecule has 0 fully saturated rings. The van der Waals surface area contributed by atoms with Gasteiger partial charge in [0.2, 0.25) is 5.91 Å². The molecule has 0 aliphatic carbocycles. The maximum Gasteiger partial charge on any atom is 0.235 e. The Morgan fingerprint density at radius 3 is 3.18 bits per heavy atom. The van der Waals surface area contributed by atoms with Crippen LogP contribution in [-0.2, 0) is 11.3 Å². The number of carbonyl (C=O) groups is 1. The zero-order valence-corrected chi connectivity index (χ0v) is 7.28. The summed E-state index contributed by atoms with van der Waals surface area (Å²) in [6.45, 7) is 0.524. The monoisotopic (exact) mass is 190 g/mol. The van der Waals surface area contributed by atoms with Gasteiger partial charge in [-0.3, -0.25) is 9.78 Å². The van der Waals surface area contributed by atoms with Crippen LogP contribution in [0.15, 0.2) is 11.7 Å². The van der Waals surface area contributed by atoms with Crippen molar-refractivity contribution >= 4 is 28.8 Å². The lowest BCUT2D eigenvalue weighted by molar-refractivity contribution is -0.118. The minimum absolute atomic E-state index is 0.0127. The molecule has 60 valence electrons. The van der Waals surface area contributed by atoms with E-state index in [0.29, 0.717) is 6.54 Å². The zero-order chi connectivity index (χ0) is 8.10. The van der Waals surface area contributed by atoms with Crippen LogP contribution in [0, 0.1) is 0 Å². The van der Waals surface area contributed by atoms with E-state index in [1.54, 1.807) is 11.7 Å². The summed E-state index contributed by atoms with van der Waals surface area (Å²) in [6.07, 6.45) is 1.72. The molecule has 1 N–H and O–H groups in total. The minimum atomic E-state index is -0.153. The average Bonchev–Trinajstić information content (AvgIpc) is 2.52. The Morgan fingerprint density at radius 2 is 2.64 bits per heavy atom. The van der Waals surface area contributed by atoms with Crippen LogP contribution in [0.1, 0.15) is 4.88 Å². The molecule has 0 aromatic carbocycles. The Morgan fingerprint density at radius 1 is 1.82 bits per heavy atom. The number of nitrogens with one attached hydrogen (secondary N) is 1. The van der Waals surface area contributed by atoms with E-state index in [9.17, 15) is 4.79 Å². The molecule has 3 nitrogen and oxygen atoms in total. The van der Waals surface area contributed by atoms with Crippen molar-refractivity contribution in [2.75, 3.05) is 5.88 Å². The van der Waals surface area contributed by atoms with E-state index >= 15 is 0 Å². The van der Waals surface area contributed by atoms with E-state index in [1.165, 1.54) is 11.3 Å². The third-order valence-corrected chi connectivity index (χ3v) is 2.09. The molecule has 1 rings (SSSR count). The molecule has 1 aromatic heterocycles. The summed E-state index contributed by atoms with van der Waals surface area (Å²) >= 11 is 6.77. The normalized spacial score (nSPS) is 9.55. The molecular formula is C6H7ClN2OS. The highest BCUT2D eigenvalue weighted by atomic mass is 35.5. The Hall–Kier alpha value is -0.610. The molecule has 0 spiro atoms. The maximum absolute atomic E-state index is 10.6. The molecule has 0 unspecified atom stereocenters. The van der Waals surface area contributed by atoms with Crippen LogP contribution in [-0.4, -0.2) is 16.8 Å². The maximum atomic E-state index is 10.6. The highest BCUT2D eigenvalue weighted by Crippen LogP contribution is 2.03. The number of aromatic nitrogens is 1. The lowest BCUT2D eigenvalue weighted by Gasteiger charge is -1.97. The number of carbonyl (C=O) groups excluding carboxylic acids is 1. The number of hydrogen-bond donors (Lipinski definition) is 1. The Balaban J connectivity index is 2.29. The van der Waals surface area contributed by atoms with Crippen LogP contribution < -0.4 is 5.32 Å². The van der Waals surface area contributed by atoms with Crippen molar-refractivity contribution in [2.45, 2.75) is 6.54 Å². The van der Waals surface area contributed by atoms with Crippen molar-refractivity contribution in [2.24, 2.45) is 0 Å². The zero-order valence-electron chi connectivity index (χ0n) is 5.71. The van der Waals surface area contributed by atoms with E-state index in [4.69, 9.17) is 11.6 Å². The summed E-state index contributed by atoms with van der Waals surface area (Å²) in [6, 6.07) is 0. The van der Waals surface area contributed by atoms with Gasteiger partial charge in [-0.05, 0) is 0 Å². The van der Waals surface area contributed by atoms with Crippen LogP contribution in [0.5, 0.6) is 0 Å². The lowest BCUT2D eigenvalue weighted by atomic mass is 10.5. The first-order valence-corrected chi connectivity index (χ1v) is 4.44. The predicted octanol–water partition coefficient (Wildman–Crippen LogP) is 0.998.